The van der Waals surface area contributed by atoms with Crippen molar-refractivity contribution >= 4 is 0 Å². The Bertz CT molecular complexity index is 411. The van der Waals surface area contributed by atoms with E-state index in [1.165, 1.54) is 36.8 Å². The van der Waals surface area contributed by atoms with Crippen molar-refractivity contribution in [3.8, 4) is 0 Å². The van der Waals surface area contributed by atoms with E-state index in [4.69, 9.17) is 10.6 Å². The number of benzene rings is 1. The van der Waals surface area contributed by atoms with Gasteiger partial charge in [-0.1, -0.05) is 30.7 Å². The van der Waals surface area contributed by atoms with E-state index in [2.05, 4.69) is 29.7 Å². The lowest BCUT2D eigenvalue weighted by Gasteiger charge is -2.31. The molecule has 0 amide bonds. The van der Waals surface area contributed by atoms with E-state index in [1.54, 1.807) is 0 Å². The number of ether oxygens (including phenoxy) is 1. The summed E-state index contributed by atoms with van der Waals surface area (Å²) in [6.45, 7) is 1.72. The SMILES string of the molecule is NNC(c1cccc(C2CCC2)c1)C1CCCOC1. The van der Waals surface area contributed by atoms with Gasteiger partial charge in [0.2, 0.25) is 0 Å². The monoisotopic (exact) mass is 260 g/mol. The standard InChI is InChI=1S/C16H24N2O/c17-18-16(15-8-3-9-19-11-15)14-7-2-6-13(10-14)12-4-1-5-12/h2,6-7,10,12,15-16,18H,1,3-5,8-9,11,17H2. The van der Waals surface area contributed by atoms with Gasteiger partial charge in [0.05, 0.1) is 12.6 Å². The molecule has 2 fully saturated rings. The molecular formula is C16H24N2O. The Labute approximate surface area is 115 Å². The summed E-state index contributed by atoms with van der Waals surface area (Å²) in [6, 6.07) is 9.21. The van der Waals surface area contributed by atoms with Gasteiger partial charge in [0.25, 0.3) is 0 Å². The fourth-order valence-corrected chi connectivity index (χ4v) is 3.28. The van der Waals surface area contributed by atoms with Crippen molar-refractivity contribution in [2.24, 2.45) is 11.8 Å². The van der Waals surface area contributed by atoms with E-state index < -0.39 is 0 Å². The van der Waals surface area contributed by atoms with Gasteiger partial charge in [0, 0.05) is 12.5 Å². The van der Waals surface area contributed by atoms with Crippen LogP contribution in [0.2, 0.25) is 0 Å². The molecule has 19 heavy (non-hydrogen) atoms. The predicted molar refractivity (Wildman–Crippen MR) is 76.6 cm³/mol. The molecule has 2 aliphatic rings. The predicted octanol–water partition coefficient (Wildman–Crippen LogP) is 2.89. The molecular weight excluding hydrogens is 236 g/mol. The van der Waals surface area contributed by atoms with Crippen LogP contribution in [0.5, 0.6) is 0 Å². The van der Waals surface area contributed by atoms with Gasteiger partial charge in [-0.3, -0.25) is 11.3 Å². The van der Waals surface area contributed by atoms with Crippen molar-refractivity contribution in [1.82, 2.24) is 5.43 Å². The highest BCUT2D eigenvalue weighted by Crippen LogP contribution is 2.38. The maximum atomic E-state index is 5.80. The Hall–Kier alpha value is -0.900. The number of hydrogen-bond acceptors (Lipinski definition) is 3. The van der Waals surface area contributed by atoms with Gasteiger partial charge in [0.15, 0.2) is 0 Å². The fourth-order valence-electron chi connectivity index (χ4n) is 3.28. The minimum Gasteiger partial charge on any atom is -0.381 e. The summed E-state index contributed by atoms with van der Waals surface area (Å²) in [5.74, 6) is 7.08. The van der Waals surface area contributed by atoms with Crippen molar-refractivity contribution in [1.29, 1.82) is 0 Å². The van der Waals surface area contributed by atoms with Crippen LogP contribution < -0.4 is 11.3 Å². The average Bonchev–Trinajstić information content (AvgIpc) is 2.39. The van der Waals surface area contributed by atoms with Gasteiger partial charge in [-0.2, -0.15) is 0 Å². The molecule has 0 radical (unpaired) electrons. The van der Waals surface area contributed by atoms with Crippen LogP contribution in [0.1, 0.15) is 55.2 Å². The lowest BCUT2D eigenvalue weighted by molar-refractivity contribution is 0.0390. The highest BCUT2D eigenvalue weighted by Gasteiger charge is 2.26. The molecule has 0 bridgehead atoms. The first-order valence-corrected chi connectivity index (χ1v) is 7.52. The van der Waals surface area contributed by atoms with Gasteiger partial charge >= 0.3 is 0 Å². The molecule has 3 heteroatoms. The molecule has 1 aromatic carbocycles. The second-order valence-corrected chi connectivity index (χ2v) is 5.92. The van der Waals surface area contributed by atoms with Crippen molar-refractivity contribution in [2.75, 3.05) is 13.2 Å². The Morgan fingerprint density at radius 3 is 2.74 bits per heavy atom. The number of nitrogens with two attached hydrogens (primary N) is 1. The first-order chi connectivity index (χ1) is 9.38. The van der Waals surface area contributed by atoms with Crippen molar-refractivity contribution in [3.63, 3.8) is 0 Å². The van der Waals surface area contributed by atoms with Gasteiger partial charge < -0.3 is 4.74 Å². The Morgan fingerprint density at radius 2 is 2.11 bits per heavy atom. The van der Waals surface area contributed by atoms with Gasteiger partial charge in [-0.15, -0.1) is 0 Å². The van der Waals surface area contributed by atoms with E-state index in [1.807, 2.05) is 0 Å². The van der Waals surface area contributed by atoms with Crippen molar-refractivity contribution in [2.45, 2.75) is 44.1 Å². The Balaban J connectivity index is 1.77. The summed E-state index contributed by atoms with van der Waals surface area (Å²) in [5.41, 5.74) is 5.82. The zero-order valence-electron chi connectivity index (χ0n) is 11.5. The molecule has 1 aliphatic carbocycles. The molecule has 2 unspecified atom stereocenters. The van der Waals surface area contributed by atoms with E-state index in [0.29, 0.717) is 5.92 Å². The van der Waals surface area contributed by atoms with Crippen LogP contribution in [0.4, 0.5) is 0 Å². The molecule has 0 spiro atoms. The summed E-state index contributed by atoms with van der Waals surface area (Å²) in [5, 5.41) is 0. The van der Waals surface area contributed by atoms with E-state index in [9.17, 15) is 0 Å². The second-order valence-electron chi connectivity index (χ2n) is 5.92. The number of nitrogens with one attached hydrogen (secondary N) is 1. The average molecular weight is 260 g/mol. The minimum absolute atomic E-state index is 0.223. The topological polar surface area (TPSA) is 47.3 Å². The van der Waals surface area contributed by atoms with Gasteiger partial charge in [-0.05, 0) is 42.7 Å². The highest BCUT2D eigenvalue weighted by molar-refractivity contribution is 5.30. The third-order valence-corrected chi connectivity index (χ3v) is 4.69. The smallest absolute Gasteiger partial charge is 0.0513 e. The molecule has 1 aromatic rings. The Kier molecular flexibility index (Phi) is 4.16. The van der Waals surface area contributed by atoms with Crippen LogP contribution in [0.15, 0.2) is 24.3 Å². The van der Waals surface area contributed by atoms with Crippen molar-refractivity contribution < 1.29 is 4.74 Å². The van der Waals surface area contributed by atoms with E-state index in [-0.39, 0.29) is 6.04 Å². The zero-order chi connectivity index (χ0) is 13.1. The molecule has 1 aliphatic heterocycles. The lowest BCUT2D eigenvalue weighted by atomic mass is 9.78. The molecule has 3 rings (SSSR count). The van der Waals surface area contributed by atoms with Gasteiger partial charge in [0.1, 0.15) is 0 Å². The van der Waals surface area contributed by atoms with Crippen LogP contribution in [-0.4, -0.2) is 13.2 Å². The number of rotatable bonds is 4. The summed E-state index contributed by atoms with van der Waals surface area (Å²) in [7, 11) is 0. The number of hydrazine groups is 1. The largest absolute Gasteiger partial charge is 0.381 e. The third kappa shape index (κ3) is 2.83. The molecule has 1 saturated heterocycles. The Morgan fingerprint density at radius 1 is 1.21 bits per heavy atom. The molecule has 2 atom stereocenters. The fraction of sp³-hybridized carbons (Fsp3) is 0.625. The normalized spacial score (nSPS) is 25.8. The third-order valence-electron chi connectivity index (χ3n) is 4.69. The summed E-state index contributed by atoms with van der Waals surface area (Å²) in [4.78, 5) is 0. The first-order valence-electron chi connectivity index (χ1n) is 7.52. The maximum Gasteiger partial charge on any atom is 0.0513 e. The zero-order valence-corrected chi connectivity index (χ0v) is 11.5. The van der Waals surface area contributed by atoms with E-state index >= 15 is 0 Å². The van der Waals surface area contributed by atoms with Crippen LogP contribution in [0, 0.1) is 5.92 Å². The van der Waals surface area contributed by atoms with Crippen LogP contribution in [-0.2, 0) is 4.74 Å². The molecule has 104 valence electrons. The molecule has 3 N–H and O–H groups in total. The molecule has 0 aromatic heterocycles. The summed E-state index contributed by atoms with van der Waals surface area (Å²) < 4.78 is 5.60. The lowest BCUT2D eigenvalue weighted by Crippen LogP contribution is -2.37. The summed E-state index contributed by atoms with van der Waals surface area (Å²) >= 11 is 0. The summed E-state index contributed by atoms with van der Waals surface area (Å²) in [6.07, 6.45) is 6.41. The number of hydrogen-bond donors (Lipinski definition) is 2. The second kappa shape index (κ2) is 6.04. The molecule has 1 saturated carbocycles. The molecule has 3 nitrogen and oxygen atoms in total. The first kappa shape index (κ1) is 13.1. The molecule has 1 heterocycles. The highest BCUT2D eigenvalue weighted by atomic mass is 16.5. The van der Waals surface area contributed by atoms with Crippen LogP contribution in [0.25, 0.3) is 0 Å². The van der Waals surface area contributed by atoms with Gasteiger partial charge in [-0.25, -0.2) is 0 Å². The minimum atomic E-state index is 0.223. The maximum absolute atomic E-state index is 5.80. The van der Waals surface area contributed by atoms with Crippen molar-refractivity contribution in [3.05, 3.63) is 35.4 Å². The van der Waals surface area contributed by atoms with E-state index in [0.717, 1.165) is 25.6 Å². The van der Waals surface area contributed by atoms with Crippen LogP contribution >= 0.6 is 0 Å². The quantitative estimate of drug-likeness (QED) is 0.646. The van der Waals surface area contributed by atoms with Crippen LogP contribution in [0.3, 0.4) is 0 Å².